The van der Waals surface area contributed by atoms with Crippen LogP contribution in [0.3, 0.4) is 0 Å². The van der Waals surface area contributed by atoms with Crippen molar-refractivity contribution in [2.45, 2.75) is 13.3 Å². The standard InChI is InChI=1S/C17H17N3/c1-13-12-14-6-2-3-8-16(14)20-17(13)19-11-9-15-7-4-5-10-18-15/h2-8,10,12H,9,11H2,1H3,(H,19,20). The molecule has 2 heterocycles. The SMILES string of the molecule is Cc1cc2ccccc2nc1NCCc1ccccn1. The van der Waals surface area contributed by atoms with Crippen LogP contribution in [0.5, 0.6) is 0 Å². The van der Waals surface area contributed by atoms with Gasteiger partial charge in [0.2, 0.25) is 0 Å². The molecule has 0 amide bonds. The normalized spacial score (nSPS) is 10.7. The lowest BCUT2D eigenvalue weighted by atomic mass is 10.1. The van der Waals surface area contributed by atoms with Gasteiger partial charge in [-0.25, -0.2) is 4.98 Å². The lowest BCUT2D eigenvalue weighted by molar-refractivity contribution is 0.953. The number of aromatic nitrogens is 2. The Hall–Kier alpha value is -2.42. The molecule has 0 radical (unpaired) electrons. The number of hydrogen-bond acceptors (Lipinski definition) is 3. The Balaban J connectivity index is 1.72. The zero-order valence-corrected chi connectivity index (χ0v) is 11.5. The number of para-hydroxylation sites is 1. The van der Waals surface area contributed by atoms with Crippen molar-refractivity contribution >= 4 is 16.7 Å². The fourth-order valence-corrected chi connectivity index (χ4v) is 2.26. The van der Waals surface area contributed by atoms with Gasteiger partial charge in [0.25, 0.3) is 0 Å². The number of benzene rings is 1. The first-order valence-corrected chi connectivity index (χ1v) is 6.83. The number of aryl methyl sites for hydroxylation is 1. The Morgan fingerprint density at radius 3 is 2.75 bits per heavy atom. The Kier molecular flexibility index (Phi) is 3.59. The third-order valence-electron chi connectivity index (χ3n) is 3.31. The molecule has 0 bridgehead atoms. The predicted molar refractivity (Wildman–Crippen MR) is 82.9 cm³/mol. The largest absolute Gasteiger partial charge is 0.369 e. The van der Waals surface area contributed by atoms with Crippen LogP contribution in [-0.4, -0.2) is 16.5 Å². The van der Waals surface area contributed by atoms with Crippen molar-refractivity contribution in [2.75, 3.05) is 11.9 Å². The van der Waals surface area contributed by atoms with Gasteiger partial charge in [-0.15, -0.1) is 0 Å². The topological polar surface area (TPSA) is 37.8 Å². The fourth-order valence-electron chi connectivity index (χ4n) is 2.26. The van der Waals surface area contributed by atoms with Crippen LogP contribution in [-0.2, 0) is 6.42 Å². The van der Waals surface area contributed by atoms with Crippen molar-refractivity contribution in [1.82, 2.24) is 9.97 Å². The average Bonchev–Trinajstić information content (AvgIpc) is 2.49. The minimum Gasteiger partial charge on any atom is -0.369 e. The molecule has 1 N–H and O–H groups in total. The van der Waals surface area contributed by atoms with Crippen LogP contribution in [0.4, 0.5) is 5.82 Å². The van der Waals surface area contributed by atoms with Crippen LogP contribution < -0.4 is 5.32 Å². The van der Waals surface area contributed by atoms with Gasteiger partial charge in [-0.3, -0.25) is 4.98 Å². The van der Waals surface area contributed by atoms with Crippen molar-refractivity contribution in [1.29, 1.82) is 0 Å². The molecule has 0 aliphatic carbocycles. The Morgan fingerprint density at radius 1 is 1.05 bits per heavy atom. The number of nitrogens with zero attached hydrogens (tertiary/aromatic N) is 2. The second-order valence-corrected chi connectivity index (χ2v) is 4.84. The van der Waals surface area contributed by atoms with E-state index in [1.807, 2.05) is 42.6 Å². The molecule has 0 saturated carbocycles. The number of fused-ring (bicyclic) bond motifs is 1. The molecule has 2 aromatic heterocycles. The molecule has 0 fully saturated rings. The molecule has 0 aliphatic heterocycles. The number of nitrogens with one attached hydrogen (secondary N) is 1. The molecular weight excluding hydrogens is 246 g/mol. The van der Waals surface area contributed by atoms with Gasteiger partial charge in [0, 0.05) is 30.2 Å². The average molecular weight is 263 g/mol. The summed E-state index contributed by atoms with van der Waals surface area (Å²) in [5.41, 5.74) is 3.29. The van der Waals surface area contributed by atoms with Gasteiger partial charge in [0.15, 0.2) is 0 Å². The van der Waals surface area contributed by atoms with Crippen molar-refractivity contribution in [3.05, 3.63) is 66.0 Å². The monoisotopic (exact) mass is 263 g/mol. The molecule has 100 valence electrons. The summed E-state index contributed by atoms with van der Waals surface area (Å²) in [4.78, 5) is 9.00. The highest BCUT2D eigenvalue weighted by atomic mass is 15.0. The first-order valence-electron chi connectivity index (χ1n) is 6.83. The maximum atomic E-state index is 4.67. The number of anilines is 1. The summed E-state index contributed by atoms with van der Waals surface area (Å²) in [6, 6.07) is 16.4. The van der Waals surface area contributed by atoms with E-state index >= 15 is 0 Å². The Morgan fingerprint density at radius 2 is 1.90 bits per heavy atom. The van der Waals surface area contributed by atoms with E-state index in [4.69, 9.17) is 0 Å². The molecule has 20 heavy (non-hydrogen) atoms. The summed E-state index contributed by atoms with van der Waals surface area (Å²) >= 11 is 0. The molecule has 3 aromatic rings. The van der Waals surface area contributed by atoms with Gasteiger partial charge < -0.3 is 5.32 Å². The Labute approximate surface area is 118 Å². The summed E-state index contributed by atoms with van der Waals surface area (Å²) in [5.74, 6) is 0.958. The van der Waals surface area contributed by atoms with E-state index in [0.29, 0.717) is 0 Å². The second-order valence-electron chi connectivity index (χ2n) is 4.84. The van der Waals surface area contributed by atoms with Crippen LogP contribution in [0, 0.1) is 6.92 Å². The first-order chi connectivity index (χ1) is 9.83. The highest BCUT2D eigenvalue weighted by Crippen LogP contribution is 2.19. The zero-order chi connectivity index (χ0) is 13.8. The third kappa shape index (κ3) is 2.77. The highest BCUT2D eigenvalue weighted by Gasteiger charge is 2.02. The second kappa shape index (κ2) is 5.70. The minimum absolute atomic E-state index is 0.837. The van der Waals surface area contributed by atoms with Gasteiger partial charge in [-0.05, 0) is 36.8 Å². The molecule has 0 unspecified atom stereocenters. The molecule has 3 nitrogen and oxygen atoms in total. The van der Waals surface area contributed by atoms with Crippen molar-refractivity contribution < 1.29 is 0 Å². The Bertz CT molecular complexity index is 708. The zero-order valence-electron chi connectivity index (χ0n) is 11.5. The van der Waals surface area contributed by atoms with Crippen LogP contribution in [0.2, 0.25) is 0 Å². The van der Waals surface area contributed by atoms with Gasteiger partial charge in [0.1, 0.15) is 5.82 Å². The molecule has 3 rings (SSSR count). The van der Waals surface area contributed by atoms with Gasteiger partial charge >= 0.3 is 0 Å². The summed E-state index contributed by atoms with van der Waals surface area (Å²) in [7, 11) is 0. The maximum absolute atomic E-state index is 4.67. The number of rotatable bonds is 4. The number of pyridine rings is 2. The maximum Gasteiger partial charge on any atom is 0.129 e. The van der Waals surface area contributed by atoms with Gasteiger partial charge in [-0.1, -0.05) is 24.3 Å². The van der Waals surface area contributed by atoms with E-state index in [1.165, 1.54) is 10.9 Å². The molecule has 0 spiro atoms. The van der Waals surface area contributed by atoms with Crippen molar-refractivity contribution in [2.24, 2.45) is 0 Å². The lowest BCUT2D eigenvalue weighted by Gasteiger charge is -2.09. The molecule has 3 heteroatoms. The van der Waals surface area contributed by atoms with Crippen LogP contribution in [0.1, 0.15) is 11.3 Å². The van der Waals surface area contributed by atoms with E-state index in [9.17, 15) is 0 Å². The quantitative estimate of drug-likeness (QED) is 0.781. The van der Waals surface area contributed by atoms with Crippen molar-refractivity contribution in [3.8, 4) is 0 Å². The van der Waals surface area contributed by atoms with E-state index in [0.717, 1.165) is 30.0 Å². The minimum atomic E-state index is 0.837. The molecule has 0 aliphatic rings. The van der Waals surface area contributed by atoms with Gasteiger partial charge in [0.05, 0.1) is 5.52 Å². The van der Waals surface area contributed by atoms with Gasteiger partial charge in [-0.2, -0.15) is 0 Å². The summed E-state index contributed by atoms with van der Waals surface area (Å²) in [5, 5.41) is 4.58. The number of hydrogen-bond donors (Lipinski definition) is 1. The van der Waals surface area contributed by atoms with Crippen LogP contribution in [0.15, 0.2) is 54.7 Å². The van der Waals surface area contributed by atoms with E-state index in [1.54, 1.807) is 0 Å². The summed E-state index contributed by atoms with van der Waals surface area (Å²) in [6.07, 6.45) is 2.73. The van der Waals surface area contributed by atoms with E-state index in [-0.39, 0.29) is 0 Å². The highest BCUT2D eigenvalue weighted by molar-refractivity contribution is 5.81. The van der Waals surface area contributed by atoms with E-state index in [2.05, 4.69) is 34.3 Å². The summed E-state index contributed by atoms with van der Waals surface area (Å²) in [6.45, 7) is 2.92. The molecular formula is C17H17N3. The van der Waals surface area contributed by atoms with Crippen LogP contribution in [0.25, 0.3) is 10.9 Å². The predicted octanol–water partition coefficient (Wildman–Crippen LogP) is 3.59. The van der Waals surface area contributed by atoms with E-state index < -0.39 is 0 Å². The third-order valence-corrected chi connectivity index (χ3v) is 3.31. The molecule has 0 saturated heterocycles. The van der Waals surface area contributed by atoms with Crippen molar-refractivity contribution in [3.63, 3.8) is 0 Å². The first kappa shape index (κ1) is 12.6. The molecule has 0 atom stereocenters. The van der Waals surface area contributed by atoms with Crippen LogP contribution >= 0.6 is 0 Å². The fraction of sp³-hybridized carbons (Fsp3) is 0.176. The molecule has 1 aromatic carbocycles. The lowest BCUT2D eigenvalue weighted by Crippen LogP contribution is -2.08. The summed E-state index contributed by atoms with van der Waals surface area (Å²) < 4.78 is 0. The smallest absolute Gasteiger partial charge is 0.129 e.